The van der Waals surface area contributed by atoms with Gasteiger partial charge in [-0.25, -0.2) is 8.78 Å². The van der Waals surface area contributed by atoms with Crippen LogP contribution in [-0.4, -0.2) is 30.3 Å². The molecule has 2 aromatic carbocycles. The van der Waals surface area contributed by atoms with Crippen molar-refractivity contribution in [2.75, 3.05) is 23.8 Å². The van der Waals surface area contributed by atoms with E-state index in [4.69, 9.17) is 9.84 Å². The van der Waals surface area contributed by atoms with Crippen molar-refractivity contribution in [3.8, 4) is 5.75 Å². The first-order valence-corrected chi connectivity index (χ1v) is 7.98. The molecule has 3 N–H and O–H groups in total. The maximum absolute atomic E-state index is 14.1. The number of carbonyl (C=O) groups excluding carboxylic acids is 1. The lowest BCUT2D eigenvalue weighted by Gasteiger charge is -2.13. The quantitative estimate of drug-likeness (QED) is 0.773. The van der Waals surface area contributed by atoms with Gasteiger partial charge in [0.05, 0.1) is 17.4 Å². The molecule has 0 aliphatic carbocycles. The number of rotatable bonds is 5. The Kier molecular flexibility index (Phi) is 5.14. The first kappa shape index (κ1) is 17.2. The van der Waals surface area contributed by atoms with Crippen LogP contribution in [0, 0.1) is 11.6 Å². The van der Waals surface area contributed by atoms with E-state index in [1.54, 1.807) is 0 Å². The molecule has 1 aliphatic heterocycles. The van der Waals surface area contributed by atoms with Crippen LogP contribution in [0.5, 0.6) is 5.75 Å². The molecule has 25 heavy (non-hydrogen) atoms. The minimum absolute atomic E-state index is 0.0799. The summed E-state index contributed by atoms with van der Waals surface area (Å²) < 4.78 is 33.3. The van der Waals surface area contributed by atoms with Gasteiger partial charge in [-0.05, 0) is 43.2 Å². The minimum Gasteiger partial charge on any atom is -0.508 e. The number of ether oxygens (including phenoxy) is 1. The van der Waals surface area contributed by atoms with Crippen molar-refractivity contribution in [2.24, 2.45) is 0 Å². The Labute approximate surface area is 143 Å². The Morgan fingerprint density at radius 3 is 2.72 bits per heavy atom. The van der Waals surface area contributed by atoms with E-state index in [0.717, 1.165) is 37.6 Å². The summed E-state index contributed by atoms with van der Waals surface area (Å²) in [4.78, 5) is 12.1. The Hall–Kier alpha value is -2.67. The number of amides is 1. The molecular weight excluding hydrogens is 330 g/mol. The zero-order chi connectivity index (χ0) is 17.8. The highest BCUT2D eigenvalue weighted by atomic mass is 19.1. The molecular formula is C18H18F2N2O3. The highest BCUT2D eigenvalue weighted by molar-refractivity contribution is 6.04. The van der Waals surface area contributed by atoms with Crippen LogP contribution in [-0.2, 0) is 4.74 Å². The monoisotopic (exact) mass is 348 g/mol. The molecule has 2 aromatic rings. The highest BCUT2D eigenvalue weighted by Gasteiger charge is 2.16. The SMILES string of the molecule is O=C(Nc1ccc(NC[C@H]2CCCO2)c(F)c1)c1ccc(O)cc1F. The van der Waals surface area contributed by atoms with Crippen LogP contribution < -0.4 is 10.6 Å². The largest absolute Gasteiger partial charge is 0.508 e. The Balaban J connectivity index is 1.64. The molecule has 1 heterocycles. The Morgan fingerprint density at radius 2 is 2.04 bits per heavy atom. The molecule has 1 aliphatic rings. The lowest BCUT2D eigenvalue weighted by molar-refractivity contribution is 0.102. The van der Waals surface area contributed by atoms with Crippen LogP contribution in [0.25, 0.3) is 0 Å². The van der Waals surface area contributed by atoms with Crippen LogP contribution >= 0.6 is 0 Å². The average Bonchev–Trinajstić information content (AvgIpc) is 3.07. The summed E-state index contributed by atoms with van der Waals surface area (Å²) >= 11 is 0. The van der Waals surface area contributed by atoms with Crippen molar-refractivity contribution in [1.29, 1.82) is 0 Å². The van der Waals surface area contributed by atoms with Crippen LogP contribution in [0.3, 0.4) is 0 Å². The summed E-state index contributed by atoms with van der Waals surface area (Å²) in [6.07, 6.45) is 2.03. The zero-order valence-corrected chi connectivity index (χ0v) is 13.4. The third-order valence-electron chi connectivity index (χ3n) is 3.97. The maximum Gasteiger partial charge on any atom is 0.258 e. The van der Waals surface area contributed by atoms with E-state index in [0.29, 0.717) is 12.2 Å². The number of aromatic hydroxyl groups is 1. The molecule has 1 saturated heterocycles. The van der Waals surface area contributed by atoms with Gasteiger partial charge in [-0.3, -0.25) is 4.79 Å². The number of hydrogen-bond donors (Lipinski definition) is 3. The second-order valence-corrected chi connectivity index (χ2v) is 5.83. The lowest BCUT2D eigenvalue weighted by Crippen LogP contribution is -2.19. The van der Waals surface area contributed by atoms with Crippen molar-refractivity contribution in [3.05, 3.63) is 53.6 Å². The average molecular weight is 348 g/mol. The van der Waals surface area contributed by atoms with E-state index in [-0.39, 0.29) is 23.1 Å². The van der Waals surface area contributed by atoms with E-state index in [2.05, 4.69) is 10.6 Å². The Bertz CT molecular complexity index is 777. The molecule has 1 amide bonds. The minimum atomic E-state index is -0.854. The summed E-state index contributed by atoms with van der Waals surface area (Å²) in [5, 5.41) is 14.6. The van der Waals surface area contributed by atoms with Gasteiger partial charge in [0, 0.05) is 24.9 Å². The van der Waals surface area contributed by atoms with Gasteiger partial charge < -0.3 is 20.5 Å². The van der Waals surface area contributed by atoms with Gasteiger partial charge in [0.2, 0.25) is 0 Å². The third-order valence-corrected chi connectivity index (χ3v) is 3.97. The first-order chi connectivity index (χ1) is 12.0. The van der Waals surface area contributed by atoms with Gasteiger partial charge in [-0.1, -0.05) is 0 Å². The van der Waals surface area contributed by atoms with E-state index in [9.17, 15) is 13.6 Å². The fourth-order valence-electron chi connectivity index (χ4n) is 2.65. The van der Waals surface area contributed by atoms with Gasteiger partial charge in [0.1, 0.15) is 17.4 Å². The second-order valence-electron chi connectivity index (χ2n) is 5.83. The third kappa shape index (κ3) is 4.24. The fraction of sp³-hybridized carbons (Fsp3) is 0.278. The van der Waals surface area contributed by atoms with Crippen molar-refractivity contribution < 1.29 is 23.4 Å². The van der Waals surface area contributed by atoms with Crippen LogP contribution in [0.4, 0.5) is 20.2 Å². The molecule has 7 heteroatoms. The predicted octanol–water partition coefficient (Wildman–Crippen LogP) is 3.51. The molecule has 5 nitrogen and oxygen atoms in total. The molecule has 0 radical (unpaired) electrons. The standard InChI is InChI=1S/C18H18F2N2O3/c19-15-9-12(23)4-5-14(15)18(24)22-11-3-6-17(16(20)8-11)21-10-13-2-1-7-25-13/h3-6,8-9,13,21,23H,1-2,7,10H2,(H,22,24)/t13-/m1/s1. The summed E-state index contributed by atoms with van der Waals surface area (Å²) in [6, 6.07) is 7.40. The molecule has 0 aromatic heterocycles. The molecule has 132 valence electrons. The smallest absolute Gasteiger partial charge is 0.258 e. The number of nitrogens with one attached hydrogen (secondary N) is 2. The van der Waals surface area contributed by atoms with Crippen LogP contribution in [0.2, 0.25) is 0 Å². The normalized spacial score (nSPS) is 16.6. The fourth-order valence-corrected chi connectivity index (χ4v) is 2.65. The van der Waals surface area contributed by atoms with Crippen molar-refractivity contribution in [1.82, 2.24) is 0 Å². The summed E-state index contributed by atoms with van der Waals surface area (Å²) in [5.74, 6) is -2.38. The van der Waals surface area contributed by atoms with Crippen molar-refractivity contribution >= 4 is 17.3 Å². The van der Waals surface area contributed by atoms with Gasteiger partial charge in [0.25, 0.3) is 5.91 Å². The van der Waals surface area contributed by atoms with E-state index >= 15 is 0 Å². The van der Waals surface area contributed by atoms with Gasteiger partial charge in [0.15, 0.2) is 0 Å². The zero-order valence-electron chi connectivity index (χ0n) is 13.4. The molecule has 1 atom stereocenters. The van der Waals surface area contributed by atoms with Crippen molar-refractivity contribution in [3.63, 3.8) is 0 Å². The molecule has 0 bridgehead atoms. The molecule has 0 unspecified atom stereocenters. The van der Waals surface area contributed by atoms with Crippen molar-refractivity contribution in [2.45, 2.75) is 18.9 Å². The summed E-state index contributed by atoms with van der Waals surface area (Å²) in [6.45, 7) is 1.25. The Morgan fingerprint density at radius 1 is 1.20 bits per heavy atom. The predicted molar refractivity (Wildman–Crippen MR) is 89.9 cm³/mol. The van der Waals surface area contributed by atoms with E-state index < -0.39 is 17.5 Å². The van der Waals surface area contributed by atoms with Crippen LogP contribution in [0.15, 0.2) is 36.4 Å². The topological polar surface area (TPSA) is 70.6 Å². The van der Waals surface area contributed by atoms with Gasteiger partial charge in [-0.15, -0.1) is 0 Å². The number of hydrogen-bond acceptors (Lipinski definition) is 4. The number of phenols is 1. The van der Waals surface area contributed by atoms with E-state index in [1.165, 1.54) is 18.2 Å². The van der Waals surface area contributed by atoms with E-state index in [1.807, 2.05) is 0 Å². The first-order valence-electron chi connectivity index (χ1n) is 7.98. The number of halogens is 2. The highest BCUT2D eigenvalue weighted by Crippen LogP contribution is 2.22. The maximum atomic E-state index is 14.1. The molecule has 0 saturated carbocycles. The summed E-state index contributed by atoms with van der Waals surface area (Å²) in [5.41, 5.74) is 0.278. The number of phenolic OH excluding ortho intramolecular Hbond substituents is 1. The molecule has 0 spiro atoms. The lowest BCUT2D eigenvalue weighted by atomic mass is 10.1. The van der Waals surface area contributed by atoms with Gasteiger partial charge >= 0.3 is 0 Å². The van der Waals surface area contributed by atoms with Crippen LogP contribution in [0.1, 0.15) is 23.2 Å². The number of benzene rings is 2. The molecule has 1 fully saturated rings. The number of carbonyl (C=O) groups is 1. The second kappa shape index (κ2) is 7.48. The molecule has 3 rings (SSSR count). The number of anilines is 2. The van der Waals surface area contributed by atoms with Gasteiger partial charge in [-0.2, -0.15) is 0 Å². The summed E-state index contributed by atoms with van der Waals surface area (Å²) in [7, 11) is 0.